The van der Waals surface area contributed by atoms with Crippen LogP contribution in [0, 0.1) is 5.92 Å². The first-order valence-corrected chi connectivity index (χ1v) is 12.5. The van der Waals surface area contributed by atoms with Crippen molar-refractivity contribution in [1.82, 2.24) is 14.5 Å². The van der Waals surface area contributed by atoms with Gasteiger partial charge in [0.15, 0.2) is 15.0 Å². The van der Waals surface area contributed by atoms with E-state index < -0.39 is 9.84 Å². The topological polar surface area (TPSA) is 89.3 Å². The lowest BCUT2D eigenvalue weighted by molar-refractivity contribution is -0.128. The van der Waals surface area contributed by atoms with Crippen molar-refractivity contribution < 1.29 is 13.2 Å². The first-order valence-electron chi connectivity index (χ1n) is 9.36. The van der Waals surface area contributed by atoms with Crippen LogP contribution in [0.3, 0.4) is 0 Å². The Morgan fingerprint density at radius 3 is 2.76 bits per heavy atom. The van der Waals surface area contributed by atoms with Gasteiger partial charge in [0.05, 0.1) is 28.2 Å². The first-order chi connectivity index (χ1) is 13.6. The van der Waals surface area contributed by atoms with E-state index in [0.29, 0.717) is 34.0 Å². The monoisotopic (exact) mass is 457 g/mol. The van der Waals surface area contributed by atoms with Gasteiger partial charge in [0.25, 0.3) is 5.56 Å². The van der Waals surface area contributed by atoms with Gasteiger partial charge in [-0.25, -0.2) is 13.4 Å². The van der Waals surface area contributed by atoms with Crippen LogP contribution in [0.15, 0.2) is 28.2 Å². The van der Waals surface area contributed by atoms with E-state index in [1.807, 2.05) is 13.8 Å². The lowest BCUT2D eigenvalue weighted by Gasteiger charge is -2.23. The number of thioether (sulfide) groups is 1. The fourth-order valence-corrected chi connectivity index (χ4v) is 6.20. The maximum Gasteiger partial charge on any atom is 0.262 e. The number of nitrogens with zero attached hydrogens (tertiary/aromatic N) is 3. The first kappa shape index (κ1) is 22.1. The smallest absolute Gasteiger partial charge is 0.262 e. The van der Waals surface area contributed by atoms with Crippen LogP contribution in [0.4, 0.5) is 0 Å². The molecule has 2 aromatic rings. The molecule has 1 saturated heterocycles. The van der Waals surface area contributed by atoms with Gasteiger partial charge in [-0.15, -0.1) is 0 Å². The number of hydrogen-bond acceptors (Lipinski definition) is 6. The number of amides is 1. The van der Waals surface area contributed by atoms with Crippen molar-refractivity contribution in [1.29, 1.82) is 0 Å². The van der Waals surface area contributed by atoms with E-state index >= 15 is 0 Å². The van der Waals surface area contributed by atoms with E-state index in [9.17, 15) is 18.0 Å². The van der Waals surface area contributed by atoms with E-state index in [1.165, 1.54) is 16.7 Å². The third-order valence-electron chi connectivity index (χ3n) is 4.90. The third-order valence-corrected chi connectivity index (χ3v) is 7.85. The Morgan fingerprint density at radius 2 is 2.14 bits per heavy atom. The molecule has 1 atom stereocenters. The fraction of sp³-hybridized carbons (Fsp3) is 0.526. The molecular formula is C19H24ClN3O4S2. The van der Waals surface area contributed by atoms with E-state index in [2.05, 4.69) is 4.98 Å². The quantitative estimate of drug-likeness (QED) is 0.489. The zero-order valence-corrected chi connectivity index (χ0v) is 19.0. The predicted molar refractivity (Wildman–Crippen MR) is 116 cm³/mol. The summed E-state index contributed by atoms with van der Waals surface area (Å²) in [5.41, 5.74) is 0.332. The summed E-state index contributed by atoms with van der Waals surface area (Å²) >= 11 is 7.23. The zero-order chi connectivity index (χ0) is 21.3. The number of aromatic nitrogens is 2. The maximum absolute atomic E-state index is 13.0. The molecule has 1 aliphatic rings. The molecule has 1 aliphatic heterocycles. The van der Waals surface area contributed by atoms with E-state index in [0.717, 1.165) is 0 Å². The molecule has 158 valence electrons. The van der Waals surface area contributed by atoms with Crippen molar-refractivity contribution in [2.75, 3.05) is 24.3 Å². The molecule has 2 heterocycles. The van der Waals surface area contributed by atoms with Crippen molar-refractivity contribution >= 4 is 50.0 Å². The highest BCUT2D eigenvalue weighted by Crippen LogP contribution is 2.23. The second-order valence-corrected chi connectivity index (χ2v) is 11.3. The summed E-state index contributed by atoms with van der Waals surface area (Å²) in [6.45, 7) is 4.50. The lowest BCUT2D eigenvalue weighted by atomic mass is 10.2. The fourth-order valence-electron chi connectivity index (χ4n) is 3.32. The maximum atomic E-state index is 13.0. The second-order valence-electron chi connectivity index (χ2n) is 7.72. The number of halogens is 1. The van der Waals surface area contributed by atoms with Crippen LogP contribution in [0.1, 0.15) is 20.3 Å². The van der Waals surface area contributed by atoms with Gasteiger partial charge in [0.1, 0.15) is 0 Å². The van der Waals surface area contributed by atoms with Gasteiger partial charge in [-0.2, -0.15) is 0 Å². The molecule has 1 amide bonds. The van der Waals surface area contributed by atoms with Crippen LogP contribution in [0.2, 0.25) is 5.02 Å². The number of sulfone groups is 1. The summed E-state index contributed by atoms with van der Waals surface area (Å²) in [6.07, 6.45) is 0.458. The van der Waals surface area contributed by atoms with E-state index in [4.69, 9.17) is 11.6 Å². The Labute approximate surface area is 179 Å². The average Bonchev–Trinajstić information content (AvgIpc) is 3.01. The highest BCUT2D eigenvalue weighted by atomic mass is 35.5. The van der Waals surface area contributed by atoms with E-state index in [1.54, 1.807) is 29.8 Å². The Balaban J connectivity index is 1.84. The van der Waals surface area contributed by atoms with Crippen molar-refractivity contribution in [3.8, 4) is 0 Å². The molecule has 3 rings (SSSR count). The molecule has 29 heavy (non-hydrogen) atoms. The number of rotatable bonds is 6. The summed E-state index contributed by atoms with van der Waals surface area (Å²) in [4.78, 5) is 31.7. The molecular weight excluding hydrogens is 434 g/mol. The molecule has 0 saturated carbocycles. The van der Waals surface area contributed by atoms with Crippen LogP contribution in [0.25, 0.3) is 10.9 Å². The molecule has 0 bridgehead atoms. The van der Waals surface area contributed by atoms with Crippen LogP contribution in [-0.4, -0.2) is 59.1 Å². The van der Waals surface area contributed by atoms with Crippen LogP contribution in [0.5, 0.6) is 0 Å². The molecule has 7 nitrogen and oxygen atoms in total. The predicted octanol–water partition coefficient (Wildman–Crippen LogP) is 2.44. The van der Waals surface area contributed by atoms with Crippen molar-refractivity contribution in [3.05, 3.63) is 33.6 Å². The third kappa shape index (κ3) is 5.13. The molecule has 0 radical (unpaired) electrons. The van der Waals surface area contributed by atoms with Crippen LogP contribution in [-0.2, 0) is 21.2 Å². The standard InChI is InChI=1S/C19H24ClN3O4S2/c1-12(2)9-23-18(25)15-5-4-13(20)8-16(15)21-19(23)28-10-17(24)22(3)14-6-7-29(26,27)11-14/h4-5,8,12,14H,6-7,9-11H2,1-3H3. The summed E-state index contributed by atoms with van der Waals surface area (Å²) in [7, 11) is -1.44. The van der Waals surface area contributed by atoms with Gasteiger partial charge < -0.3 is 4.90 Å². The summed E-state index contributed by atoms with van der Waals surface area (Å²) in [6, 6.07) is 4.67. The average molecular weight is 458 g/mol. The zero-order valence-electron chi connectivity index (χ0n) is 16.6. The van der Waals surface area contributed by atoms with Gasteiger partial charge in [-0.1, -0.05) is 37.2 Å². The van der Waals surface area contributed by atoms with Crippen molar-refractivity contribution in [3.63, 3.8) is 0 Å². The minimum atomic E-state index is -3.07. The van der Waals surface area contributed by atoms with Crippen molar-refractivity contribution in [2.45, 2.75) is 38.0 Å². The van der Waals surface area contributed by atoms with Gasteiger partial charge in [0, 0.05) is 24.7 Å². The second kappa shape index (κ2) is 8.65. The molecule has 0 aliphatic carbocycles. The normalized spacial score (nSPS) is 18.4. The molecule has 10 heteroatoms. The number of fused-ring (bicyclic) bond motifs is 1. The molecule has 0 spiro atoms. The Kier molecular flexibility index (Phi) is 6.60. The number of benzene rings is 1. The number of carbonyl (C=O) groups excluding carboxylic acids is 1. The highest BCUT2D eigenvalue weighted by molar-refractivity contribution is 7.99. The number of carbonyl (C=O) groups is 1. The lowest BCUT2D eigenvalue weighted by Crippen LogP contribution is -2.39. The number of hydrogen-bond donors (Lipinski definition) is 0. The Bertz CT molecular complexity index is 1100. The molecule has 0 N–H and O–H groups in total. The SMILES string of the molecule is CC(C)Cn1c(SCC(=O)N(C)C2CCS(=O)(=O)C2)nc2cc(Cl)ccc2c1=O. The van der Waals surface area contributed by atoms with Gasteiger partial charge in [-0.3, -0.25) is 14.2 Å². The largest absolute Gasteiger partial charge is 0.341 e. The summed E-state index contributed by atoms with van der Waals surface area (Å²) in [5, 5.41) is 1.43. The van der Waals surface area contributed by atoms with E-state index in [-0.39, 0.29) is 40.7 Å². The van der Waals surface area contributed by atoms with Crippen LogP contribution < -0.4 is 5.56 Å². The minimum absolute atomic E-state index is 0.00465. The van der Waals surface area contributed by atoms with Crippen LogP contribution >= 0.6 is 23.4 Å². The Morgan fingerprint density at radius 1 is 1.41 bits per heavy atom. The molecule has 1 fully saturated rings. The van der Waals surface area contributed by atoms with Gasteiger partial charge in [0.2, 0.25) is 5.91 Å². The highest BCUT2D eigenvalue weighted by Gasteiger charge is 2.32. The van der Waals surface area contributed by atoms with Crippen molar-refractivity contribution in [2.24, 2.45) is 5.92 Å². The minimum Gasteiger partial charge on any atom is -0.341 e. The van der Waals surface area contributed by atoms with Gasteiger partial charge in [-0.05, 0) is 30.5 Å². The summed E-state index contributed by atoms with van der Waals surface area (Å²) in [5.74, 6) is 0.229. The molecule has 1 aromatic heterocycles. The summed E-state index contributed by atoms with van der Waals surface area (Å²) < 4.78 is 25.0. The Hall–Kier alpha value is -1.58. The molecule has 1 aromatic carbocycles. The molecule has 1 unspecified atom stereocenters. The van der Waals surface area contributed by atoms with Gasteiger partial charge >= 0.3 is 0 Å².